The van der Waals surface area contributed by atoms with E-state index >= 15 is 0 Å². The number of rotatable bonds is 2. The lowest BCUT2D eigenvalue weighted by Crippen LogP contribution is -2.34. The number of aromatic nitrogens is 2. The predicted octanol–water partition coefficient (Wildman–Crippen LogP) is 3.43. The molecule has 0 fully saturated rings. The lowest BCUT2D eigenvalue weighted by atomic mass is 9.96. The molecule has 1 atom stereocenters. The van der Waals surface area contributed by atoms with E-state index in [0.717, 1.165) is 43.6 Å². The molecule has 0 saturated carbocycles. The molecule has 32 heavy (non-hydrogen) atoms. The maximum Gasteiger partial charge on any atom is 0.259 e. The molecule has 0 aliphatic carbocycles. The van der Waals surface area contributed by atoms with E-state index < -0.39 is 0 Å². The molecule has 0 saturated heterocycles. The van der Waals surface area contributed by atoms with Gasteiger partial charge in [0.05, 0.1) is 34.3 Å². The standard InChI is InChI=1S/C25H20N4O3/c1-32-11-13-10-29-22-12(9-26-13)5-4-7-15(22)18-20-19(24(30)28-25(20)31)17-14-6-2-3-8-16(14)27-21(17)23(18)29/h2-8,13,26-27H,9-11H2,1H3,(H,28,30,31)/t13-/m1/s1. The number of methoxy groups -OCH3 is 1. The fraction of sp³-hybridized carbons (Fsp3) is 0.200. The Morgan fingerprint density at radius 2 is 1.75 bits per heavy atom. The minimum Gasteiger partial charge on any atom is -0.383 e. The summed E-state index contributed by atoms with van der Waals surface area (Å²) in [5.74, 6) is -0.653. The number of fused-ring (bicyclic) bond motifs is 10. The van der Waals surface area contributed by atoms with Crippen LogP contribution in [-0.4, -0.2) is 41.1 Å². The molecular formula is C25H20N4O3. The normalized spacial score (nSPS) is 18.1. The molecule has 0 spiro atoms. The van der Waals surface area contributed by atoms with Gasteiger partial charge >= 0.3 is 0 Å². The second kappa shape index (κ2) is 6.18. The zero-order valence-electron chi connectivity index (χ0n) is 17.4. The molecule has 158 valence electrons. The van der Waals surface area contributed by atoms with Crippen LogP contribution < -0.4 is 10.6 Å². The minimum atomic E-state index is -0.329. The second-order valence-electron chi connectivity index (χ2n) is 8.63. The number of nitrogens with zero attached hydrogens (tertiary/aromatic N) is 1. The van der Waals surface area contributed by atoms with Gasteiger partial charge in [0, 0.05) is 53.3 Å². The quantitative estimate of drug-likeness (QED) is 0.379. The Balaban J connectivity index is 1.77. The van der Waals surface area contributed by atoms with Crippen LogP contribution in [0.1, 0.15) is 26.3 Å². The van der Waals surface area contributed by atoms with E-state index in [1.165, 1.54) is 5.56 Å². The molecule has 0 bridgehead atoms. The van der Waals surface area contributed by atoms with Gasteiger partial charge in [-0.1, -0.05) is 36.4 Å². The number of benzene rings is 3. The SMILES string of the molecule is COC[C@H]1Cn2c3c(cccc3c3c4c(c5c6ccccc6[nH]c5c32)C(=O)NC4=O)CN1. The summed E-state index contributed by atoms with van der Waals surface area (Å²) in [6, 6.07) is 14.3. The van der Waals surface area contributed by atoms with Crippen molar-refractivity contribution in [3.63, 3.8) is 0 Å². The largest absolute Gasteiger partial charge is 0.383 e. The van der Waals surface area contributed by atoms with Crippen LogP contribution in [0.15, 0.2) is 42.5 Å². The van der Waals surface area contributed by atoms with E-state index in [1.807, 2.05) is 30.3 Å². The third-order valence-electron chi connectivity index (χ3n) is 6.89. The van der Waals surface area contributed by atoms with Crippen molar-refractivity contribution in [2.24, 2.45) is 0 Å². The molecule has 7 nitrogen and oxygen atoms in total. The fourth-order valence-corrected chi connectivity index (χ4v) is 5.69. The Kier molecular flexibility index (Phi) is 3.47. The topological polar surface area (TPSA) is 88.2 Å². The zero-order valence-corrected chi connectivity index (χ0v) is 17.4. The number of H-pyrrole nitrogens is 1. The van der Waals surface area contributed by atoms with Gasteiger partial charge in [-0.15, -0.1) is 0 Å². The third kappa shape index (κ3) is 2.12. The van der Waals surface area contributed by atoms with Crippen LogP contribution in [0.25, 0.3) is 43.6 Å². The minimum absolute atomic E-state index is 0.120. The van der Waals surface area contributed by atoms with Crippen molar-refractivity contribution in [3.05, 3.63) is 59.2 Å². The molecular weight excluding hydrogens is 404 g/mol. The predicted molar refractivity (Wildman–Crippen MR) is 123 cm³/mol. The molecule has 2 aromatic heterocycles. The lowest BCUT2D eigenvalue weighted by Gasteiger charge is -2.17. The van der Waals surface area contributed by atoms with Gasteiger partial charge in [0.1, 0.15) is 0 Å². The Labute approximate surface area is 182 Å². The average Bonchev–Trinajstić information content (AvgIpc) is 3.37. The monoisotopic (exact) mass is 424 g/mol. The van der Waals surface area contributed by atoms with Crippen molar-refractivity contribution in [1.82, 2.24) is 20.2 Å². The summed E-state index contributed by atoms with van der Waals surface area (Å²) in [7, 11) is 1.71. The highest BCUT2D eigenvalue weighted by Gasteiger charge is 2.36. The van der Waals surface area contributed by atoms with Crippen LogP contribution >= 0.6 is 0 Å². The van der Waals surface area contributed by atoms with Gasteiger partial charge in [-0.3, -0.25) is 14.9 Å². The van der Waals surface area contributed by atoms with Crippen LogP contribution in [0.4, 0.5) is 0 Å². The summed E-state index contributed by atoms with van der Waals surface area (Å²) in [5, 5.41) is 9.75. The summed E-state index contributed by atoms with van der Waals surface area (Å²) in [6.45, 7) is 1.99. The van der Waals surface area contributed by atoms with Gasteiger partial charge in [-0.2, -0.15) is 0 Å². The van der Waals surface area contributed by atoms with E-state index in [1.54, 1.807) is 7.11 Å². The highest BCUT2D eigenvalue weighted by molar-refractivity contribution is 6.39. The Bertz CT molecular complexity index is 1640. The van der Waals surface area contributed by atoms with E-state index in [4.69, 9.17) is 4.74 Å². The lowest BCUT2D eigenvalue weighted by molar-refractivity contribution is 0.0880. The first-order valence-electron chi connectivity index (χ1n) is 10.8. The number of imide groups is 1. The summed E-state index contributed by atoms with van der Waals surface area (Å²) in [4.78, 5) is 29.6. The molecule has 2 aliphatic heterocycles. The van der Waals surface area contributed by atoms with Crippen molar-refractivity contribution in [2.75, 3.05) is 13.7 Å². The molecule has 3 aromatic carbocycles. The third-order valence-corrected chi connectivity index (χ3v) is 6.89. The Morgan fingerprint density at radius 3 is 2.59 bits per heavy atom. The first-order chi connectivity index (χ1) is 15.7. The number of para-hydroxylation sites is 2. The van der Waals surface area contributed by atoms with Crippen LogP contribution in [0.5, 0.6) is 0 Å². The molecule has 3 N–H and O–H groups in total. The van der Waals surface area contributed by atoms with Crippen LogP contribution in [0.3, 0.4) is 0 Å². The second-order valence-corrected chi connectivity index (χ2v) is 8.63. The molecule has 2 aliphatic rings. The van der Waals surface area contributed by atoms with Crippen molar-refractivity contribution in [2.45, 2.75) is 19.1 Å². The van der Waals surface area contributed by atoms with Gasteiger partial charge in [0.2, 0.25) is 0 Å². The van der Waals surface area contributed by atoms with Crippen molar-refractivity contribution >= 4 is 55.4 Å². The van der Waals surface area contributed by atoms with Gasteiger partial charge < -0.3 is 19.6 Å². The van der Waals surface area contributed by atoms with Crippen molar-refractivity contribution in [1.29, 1.82) is 0 Å². The molecule has 4 heterocycles. The zero-order chi connectivity index (χ0) is 21.6. The van der Waals surface area contributed by atoms with E-state index in [-0.39, 0.29) is 17.9 Å². The first kappa shape index (κ1) is 17.9. The number of nitrogens with one attached hydrogen (secondary N) is 3. The Hall–Kier alpha value is -3.68. The molecule has 0 unspecified atom stereocenters. The van der Waals surface area contributed by atoms with Gasteiger partial charge in [0.25, 0.3) is 11.8 Å². The number of hydrogen-bond donors (Lipinski definition) is 3. The molecule has 5 aromatic rings. The maximum absolute atomic E-state index is 13.1. The number of hydrogen-bond acceptors (Lipinski definition) is 4. The smallest absolute Gasteiger partial charge is 0.259 e. The summed E-state index contributed by atoms with van der Waals surface area (Å²) in [5.41, 5.74) is 6.04. The maximum atomic E-state index is 13.1. The van der Waals surface area contributed by atoms with Gasteiger partial charge in [-0.25, -0.2) is 0 Å². The van der Waals surface area contributed by atoms with Crippen LogP contribution in [0, 0.1) is 0 Å². The van der Waals surface area contributed by atoms with Gasteiger partial charge in [-0.05, 0) is 11.6 Å². The Morgan fingerprint density at radius 1 is 0.969 bits per heavy atom. The first-order valence-corrected chi connectivity index (χ1v) is 10.8. The number of aromatic amines is 1. The number of ether oxygens (including phenoxy) is 1. The number of amides is 2. The molecule has 0 radical (unpaired) electrons. The molecule has 7 heteroatoms. The summed E-state index contributed by atoms with van der Waals surface area (Å²) >= 11 is 0. The number of carbonyl (C=O) groups excluding carboxylic acids is 2. The summed E-state index contributed by atoms with van der Waals surface area (Å²) < 4.78 is 7.77. The van der Waals surface area contributed by atoms with E-state index in [2.05, 4.69) is 32.3 Å². The van der Waals surface area contributed by atoms with Crippen LogP contribution in [-0.2, 0) is 17.8 Å². The molecule has 7 rings (SSSR count). The van der Waals surface area contributed by atoms with E-state index in [0.29, 0.717) is 30.8 Å². The highest BCUT2D eigenvalue weighted by atomic mass is 16.5. The fourth-order valence-electron chi connectivity index (χ4n) is 5.69. The van der Waals surface area contributed by atoms with Crippen LogP contribution in [0.2, 0.25) is 0 Å². The van der Waals surface area contributed by atoms with Crippen molar-refractivity contribution < 1.29 is 14.3 Å². The number of carbonyl (C=O) groups is 2. The highest BCUT2D eigenvalue weighted by Crippen LogP contribution is 2.44. The van der Waals surface area contributed by atoms with E-state index in [9.17, 15) is 9.59 Å². The van der Waals surface area contributed by atoms with Gasteiger partial charge in [0.15, 0.2) is 0 Å². The molecule has 2 amide bonds. The van der Waals surface area contributed by atoms with Crippen molar-refractivity contribution in [3.8, 4) is 0 Å². The average molecular weight is 424 g/mol. The summed E-state index contributed by atoms with van der Waals surface area (Å²) in [6.07, 6.45) is 0.